The highest BCUT2D eigenvalue weighted by atomic mass is 16.4. The molecular formula is C15H27N5O8. The number of aliphatic hydroxyl groups is 2. The quantitative estimate of drug-likeness (QED) is 0.156. The lowest BCUT2D eigenvalue weighted by Gasteiger charge is -2.25. The van der Waals surface area contributed by atoms with Crippen LogP contribution in [0.5, 0.6) is 0 Å². The lowest BCUT2D eigenvalue weighted by molar-refractivity contribution is -0.143. The van der Waals surface area contributed by atoms with Gasteiger partial charge < -0.3 is 42.7 Å². The van der Waals surface area contributed by atoms with Gasteiger partial charge in [-0.15, -0.1) is 0 Å². The number of amides is 4. The SMILES string of the molecule is CC(N)C(=O)NC(CO)C(=O)NC(C(=O)NC(CCC(N)=O)C(=O)O)C(C)O. The van der Waals surface area contributed by atoms with Crippen LogP contribution in [0, 0.1) is 0 Å². The Morgan fingerprint density at radius 1 is 0.929 bits per heavy atom. The maximum absolute atomic E-state index is 12.3. The Bertz CT molecular complexity index is 595. The zero-order chi connectivity index (χ0) is 22.0. The number of hydrogen-bond acceptors (Lipinski definition) is 8. The molecule has 10 N–H and O–H groups in total. The largest absolute Gasteiger partial charge is 0.480 e. The average molecular weight is 405 g/mol. The number of carbonyl (C=O) groups excluding carboxylic acids is 4. The molecule has 0 aromatic rings. The Morgan fingerprint density at radius 2 is 1.46 bits per heavy atom. The summed E-state index contributed by atoms with van der Waals surface area (Å²) < 4.78 is 0. The molecule has 0 aliphatic rings. The van der Waals surface area contributed by atoms with Crippen molar-refractivity contribution in [3.8, 4) is 0 Å². The van der Waals surface area contributed by atoms with Gasteiger partial charge in [0.2, 0.25) is 23.6 Å². The van der Waals surface area contributed by atoms with Crippen LogP contribution in [-0.4, -0.2) is 81.8 Å². The van der Waals surface area contributed by atoms with Gasteiger partial charge in [-0.3, -0.25) is 19.2 Å². The second-order valence-electron chi connectivity index (χ2n) is 6.16. The summed E-state index contributed by atoms with van der Waals surface area (Å²) in [6.45, 7) is 1.71. The number of hydrogen-bond donors (Lipinski definition) is 8. The highest BCUT2D eigenvalue weighted by molar-refractivity contribution is 5.94. The third-order valence-electron chi connectivity index (χ3n) is 3.59. The highest BCUT2D eigenvalue weighted by Crippen LogP contribution is 2.01. The molecule has 160 valence electrons. The summed E-state index contributed by atoms with van der Waals surface area (Å²) >= 11 is 0. The number of primary amides is 1. The van der Waals surface area contributed by atoms with Crippen LogP contribution >= 0.6 is 0 Å². The van der Waals surface area contributed by atoms with Crippen molar-refractivity contribution in [1.82, 2.24) is 16.0 Å². The van der Waals surface area contributed by atoms with Gasteiger partial charge >= 0.3 is 5.97 Å². The molecule has 0 aliphatic carbocycles. The zero-order valence-electron chi connectivity index (χ0n) is 15.5. The van der Waals surface area contributed by atoms with Gasteiger partial charge in [-0.25, -0.2) is 4.79 Å². The Hall–Kier alpha value is -2.77. The van der Waals surface area contributed by atoms with E-state index in [0.717, 1.165) is 6.92 Å². The predicted octanol–water partition coefficient (Wildman–Crippen LogP) is -4.49. The Morgan fingerprint density at radius 3 is 1.86 bits per heavy atom. The standard InChI is InChI=1S/C15H27N5O8/c1-6(16)12(24)19-9(5-21)13(25)20-11(7(2)22)14(26)18-8(15(27)28)3-4-10(17)23/h6-9,11,21-22H,3-5,16H2,1-2H3,(H2,17,23)(H,18,26)(H,19,24)(H,20,25)(H,27,28). The fraction of sp³-hybridized carbons (Fsp3) is 0.667. The zero-order valence-corrected chi connectivity index (χ0v) is 15.5. The third kappa shape index (κ3) is 8.75. The number of aliphatic carboxylic acids is 1. The molecule has 0 rings (SSSR count). The molecule has 0 fully saturated rings. The van der Waals surface area contributed by atoms with E-state index in [0.29, 0.717) is 0 Å². The number of carbonyl (C=O) groups is 5. The maximum Gasteiger partial charge on any atom is 0.326 e. The molecule has 0 radical (unpaired) electrons. The van der Waals surface area contributed by atoms with E-state index >= 15 is 0 Å². The first-order valence-electron chi connectivity index (χ1n) is 8.37. The van der Waals surface area contributed by atoms with Crippen molar-refractivity contribution >= 4 is 29.6 Å². The first-order chi connectivity index (χ1) is 12.9. The van der Waals surface area contributed by atoms with E-state index in [9.17, 15) is 34.2 Å². The normalized spacial score (nSPS) is 16.0. The number of nitrogens with two attached hydrogens (primary N) is 2. The van der Waals surface area contributed by atoms with Crippen molar-refractivity contribution in [1.29, 1.82) is 0 Å². The molecule has 13 heteroatoms. The summed E-state index contributed by atoms with van der Waals surface area (Å²) in [5, 5.41) is 34.5. The van der Waals surface area contributed by atoms with Crippen molar-refractivity contribution in [2.45, 2.75) is 57.0 Å². The monoisotopic (exact) mass is 405 g/mol. The molecule has 4 amide bonds. The fourth-order valence-corrected chi connectivity index (χ4v) is 1.96. The van der Waals surface area contributed by atoms with E-state index in [1.165, 1.54) is 6.92 Å². The van der Waals surface area contributed by atoms with Gasteiger partial charge in [0.1, 0.15) is 18.1 Å². The van der Waals surface area contributed by atoms with Gasteiger partial charge in [0.25, 0.3) is 0 Å². The van der Waals surface area contributed by atoms with Crippen LogP contribution in [-0.2, 0) is 24.0 Å². The minimum atomic E-state index is -1.59. The average Bonchev–Trinajstić information content (AvgIpc) is 2.59. The molecule has 5 atom stereocenters. The van der Waals surface area contributed by atoms with Crippen LogP contribution in [0.2, 0.25) is 0 Å². The molecular weight excluding hydrogens is 378 g/mol. The number of carboxylic acid groups (broad SMARTS) is 1. The molecule has 0 saturated heterocycles. The van der Waals surface area contributed by atoms with Gasteiger partial charge in [-0.2, -0.15) is 0 Å². The number of rotatable bonds is 12. The molecule has 0 aromatic heterocycles. The number of nitrogens with one attached hydrogen (secondary N) is 3. The molecule has 0 aromatic carbocycles. The summed E-state index contributed by atoms with van der Waals surface area (Å²) in [5.74, 6) is -4.99. The van der Waals surface area contributed by atoms with Crippen molar-refractivity contribution in [3.05, 3.63) is 0 Å². The van der Waals surface area contributed by atoms with E-state index in [4.69, 9.17) is 16.6 Å². The van der Waals surface area contributed by atoms with Crippen molar-refractivity contribution < 1.29 is 39.3 Å². The molecule has 0 spiro atoms. The Balaban J connectivity index is 5.14. The first kappa shape index (κ1) is 25.2. The lowest BCUT2D eigenvalue weighted by atomic mass is 10.1. The maximum atomic E-state index is 12.3. The first-order valence-corrected chi connectivity index (χ1v) is 8.37. The van der Waals surface area contributed by atoms with Crippen molar-refractivity contribution in [2.24, 2.45) is 11.5 Å². The Kier molecular flexibility index (Phi) is 10.7. The van der Waals surface area contributed by atoms with Crippen LogP contribution in [0.25, 0.3) is 0 Å². The molecule has 13 nitrogen and oxygen atoms in total. The summed E-state index contributed by atoms with van der Waals surface area (Å²) in [6, 6.07) is -5.48. The molecule has 5 unspecified atom stereocenters. The molecule has 28 heavy (non-hydrogen) atoms. The summed E-state index contributed by atoms with van der Waals surface area (Å²) in [5.41, 5.74) is 10.3. The van der Waals surface area contributed by atoms with Crippen LogP contribution in [0.3, 0.4) is 0 Å². The minimum Gasteiger partial charge on any atom is -0.480 e. The van der Waals surface area contributed by atoms with Crippen LogP contribution in [0.1, 0.15) is 26.7 Å². The van der Waals surface area contributed by atoms with Crippen molar-refractivity contribution in [3.63, 3.8) is 0 Å². The number of carboxylic acids is 1. The third-order valence-corrected chi connectivity index (χ3v) is 3.59. The predicted molar refractivity (Wildman–Crippen MR) is 94.3 cm³/mol. The van der Waals surface area contributed by atoms with E-state index in [1.54, 1.807) is 0 Å². The molecule has 0 bridgehead atoms. The summed E-state index contributed by atoms with van der Waals surface area (Å²) in [7, 11) is 0. The van der Waals surface area contributed by atoms with Crippen LogP contribution in [0.15, 0.2) is 0 Å². The van der Waals surface area contributed by atoms with E-state index in [1.807, 2.05) is 0 Å². The topological polar surface area (TPSA) is 234 Å². The minimum absolute atomic E-state index is 0.291. The van der Waals surface area contributed by atoms with Gasteiger partial charge in [-0.1, -0.05) is 0 Å². The fourth-order valence-electron chi connectivity index (χ4n) is 1.96. The molecule has 0 heterocycles. The van der Waals surface area contributed by atoms with E-state index in [-0.39, 0.29) is 12.8 Å². The van der Waals surface area contributed by atoms with Crippen LogP contribution < -0.4 is 27.4 Å². The smallest absolute Gasteiger partial charge is 0.326 e. The highest BCUT2D eigenvalue weighted by Gasteiger charge is 2.32. The summed E-state index contributed by atoms with van der Waals surface area (Å²) in [4.78, 5) is 58.0. The molecule has 0 saturated carbocycles. The van der Waals surface area contributed by atoms with E-state index < -0.39 is 66.5 Å². The second kappa shape index (κ2) is 11.8. The second-order valence-corrected chi connectivity index (χ2v) is 6.16. The Labute approximate surface area is 160 Å². The summed E-state index contributed by atoms with van der Waals surface area (Å²) in [6.07, 6.45) is -2.04. The van der Waals surface area contributed by atoms with Gasteiger partial charge in [0.05, 0.1) is 18.8 Å². The number of aliphatic hydroxyl groups excluding tert-OH is 2. The lowest BCUT2D eigenvalue weighted by Crippen LogP contribution is -2.60. The van der Waals surface area contributed by atoms with Crippen LogP contribution in [0.4, 0.5) is 0 Å². The van der Waals surface area contributed by atoms with E-state index in [2.05, 4.69) is 16.0 Å². The van der Waals surface area contributed by atoms with Gasteiger partial charge in [0.15, 0.2) is 0 Å². The van der Waals surface area contributed by atoms with Crippen molar-refractivity contribution in [2.75, 3.05) is 6.61 Å². The molecule has 0 aliphatic heterocycles. The van der Waals surface area contributed by atoms with Gasteiger partial charge in [0, 0.05) is 6.42 Å². The van der Waals surface area contributed by atoms with Gasteiger partial charge in [-0.05, 0) is 20.3 Å².